The summed E-state index contributed by atoms with van der Waals surface area (Å²) in [4.78, 5) is 7.87. The average Bonchev–Trinajstić information content (AvgIpc) is 3.08. The molecule has 0 amide bonds. The Labute approximate surface area is 121 Å². The Hall–Kier alpha value is -1.79. The van der Waals surface area contributed by atoms with E-state index in [9.17, 15) is 0 Å². The van der Waals surface area contributed by atoms with Gasteiger partial charge in [-0.3, -0.25) is 4.40 Å². The second-order valence-corrected chi connectivity index (χ2v) is 5.71. The van der Waals surface area contributed by atoms with Crippen LogP contribution < -0.4 is 10.2 Å². The minimum atomic E-state index is 0.718. The molecule has 0 saturated carbocycles. The Balaban J connectivity index is 1.91. The summed E-state index contributed by atoms with van der Waals surface area (Å²) >= 11 is 1.65. The lowest BCUT2D eigenvalue weighted by Gasteiger charge is -2.17. The molecule has 0 aliphatic carbocycles. The van der Waals surface area contributed by atoms with Crippen molar-refractivity contribution >= 4 is 22.1 Å². The van der Waals surface area contributed by atoms with E-state index in [0.717, 1.165) is 35.4 Å². The van der Waals surface area contributed by atoms with Gasteiger partial charge >= 0.3 is 0 Å². The molecule has 6 heteroatoms. The number of anilines is 1. The van der Waals surface area contributed by atoms with Crippen molar-refractivity contribution in [1.29, 1.82) is 0 Å². The van der Waals surface area contributed by atoms with Crippen LogP contribution in [0.3, 0.4) is 0 Å². The number of aryl methyl sites for hydroxylation is 1. The molecule has 3 aromatic heterocycles. The van der Waals surface area contributed by atoms with Crippen LogP contribution in [0.5, 0.6) is 0 Å². The van der Waals surface area contributed by atoms with E-state index < -0.39 is 0 Å². The molecule has 0 atom stereocenters. The number of fused-ring (bicyclic) bond motifs is 1. The number of imidazole rings is 1. The van der Waals surface area contributed by atoms with Gasteiger partial charge in [0.15, 0.2) is 10.8 Å². The van der Waals surface area contributed by atoms with Crippen molar-refractivity contribution in [3.63, 3.8) is 0 Å². The molecule has 5 nitrogen and oxygen atoms in total. The highest BCUT2D eigenvalue weighted by molar-refractivity contribution is 7.15. The van der Waals surface area contributed by atoms with Gasteiger partial charge in [-0.05, 0) is 26.1 Å². The fourth-order valence-electron chi connectivity index (χ4n) is 2.34. The monoisotopic (exact) mass is 290 g/mol. The van der Waals surface area contributed by atoms with Gasteiger partial charge in [0.2, 0.25) is 0 Å². The van der Waals surface area contributed by atoms with E-state index in [1.165, 1.54) is 5.69 Å². The average molecular weight is 290 g/mol. The van der Waals surface area contributed by atoms with Crippen molar-refractivity contribution in [1.82, 2.24) is 14.7 Å². The van der Waals surface area contributed by atoms with Gasteiger partial charge in [0.25, 0.3) is 0 Å². The zero-order valence-electron chi connectivity index (χ0n) is 11.9. The summed E-state index contributed by atoms with van der Waals surface area (Å²) in [5.74, 6) is 2.90. The second kappa shape index (κ2) is 5.30. The van der Waals surface area contributed by atoms with Gasteiger partial charge < -0.3 is 14.6 Å². The van der Waals surface area contributed by atoms with Crippen molar-refractivity contribution < 1.29 is 4.42 Å². The predicted octanol–water partition coefficient (Wildman–Crippen LogP) is 2.65. The number of rotatable bonds is 5. The molecule has 0 aromatic carbocycles. The van der Waals surface area contributed by atoms with Crippen LogP contribution >= 0.6 is 11.3 Å². The van der Waals surface area contributed by atoms with E-state index in [1.54, 1.807) is 11.3 Å². The summed E-state index contributed by atoms with van der Waals surface area (Å²) in [6.07, 6.45) is 2.06. The smallest absolute Gasteiger partial charge is 0.195 e. The number of hydrogen-bond donors (Lipinski definition) is 1. The van der Waals surface area contributed by atoms with Gasteiger partial charge in [0.1, 0.15) is 11.5 Å². The van der Waals surface area contributed by atoms with Crippen molar-refractivity contribution in [2.24, 2.45) is 0 Å². The third-order valence-corrected chi connectivity index (χ3v) is 3.99. The summed E-state index contributed by atoms with van der Waals surface area (Å²) in [6, 6.07) is 4.01. The van der Waals surface area contributed by atoms with Gasteiger partial charge in [-0.2, -0.15) is 0 Å². The molecule has 0 bridgehead atoms. The molecule has 0 saturated heterocycles. The molecule has 0 aliphatic heterocycles. The van der Waals surface area contributed by atoms with Gasteiger partial charge in [-0.1, -0.05) is 0 Å². The molecule has 0 fully saturated rings. The van der Waals surface area contributed by atoms with Crippen LogP contribution in [0.2, 0.25) is 0 Å². The number of nitrogens with one attached hydrogen (secondary N) is 1. The van der Waals surface area contributed by atoms with Crippen LogP contribution in [0.15, 0.2) is 28.1 Å². The van der Waals surface area contributed by atoms with Crippen molar-refractivity contribution in [2.45, 2.75) is 20.0 Å². The van der Waals surface area contributed by atoms with Gasteiger partial charge in [-0.15, -0.1) is 11.3 Å². The number of thiazole rings is 1. The van der Waals surface area contributed by atoms with Crippen molar-refractivity contribution in [2.75, 3.05) is 19.0 Å². The standard InChI is InChI=1S/C14H18N4OS/c1-10-4-5-11(19-10)9-17(3)13-12(8-15-2)18-6-7-20-14(18)16-13/h4-7,15H,8-9H2,1-3H3. The SMILES string of the molecule is CNCc1c(N(C)Cc2ccc(C)o2)nc2sccn12. The molecule has 0 radical (unpaired) electrons. The summed E-state index contributed by atoms with van der Waals surface area (Å²) in [7, 11) is 3.99. The summed E-state index contributed by atoms with van der Waals surface area (Å²) in [5.41, 5.74) is 1.18. The second-order valence-electron chi connectivity index (χ2n) is 4.84. The maximum Gasteiger partial charge on any atom is 0.195 e. The zero-order valence-corrected chi connectivity index (χ0v) is 12.7. The van der Waals surface area contributed by atoms with E-state index in [-0.39, 0.29) is 0 Å². The maximum absolute atomic E-state index is 5.64. The van der Waals surface area contributed by atoms with Crippen LogP contribution in [0.25, 0.3) is 4.96 Å². The summed E-state index contributed by atoms with van der Waals surface area (Å²) < 4.78 is 7.78. The lowest BCUT2D eigenvalue weighted by molar-refractivity contribution is 0.481. The molecular formula is C14H18N4OS. The third-order valence-electron chi connectivity index (χ3n) is 3.23. The highest BCUT2D eigenvalue weighted by atomic mass is 32.1. The number of furan rings is 1. The number of nitrogens with zero attached hydrogens (tertiary/aromatic N) is 3. The summed E-state index contributed by atoms with van der Waals surface area (Å²) in [6.45, 7) is 3.46. The lowest BCUT2D eigenvalue weighted by atomic mass is 10.3. The van der Waals surface area contributed by atoms with E-state index in [1.807, 2.05) is 33.2 Å². The van der Waals surface area contributed by atoms with Crippen LogP contribution in [0.1, 0.15) is 17.2 Å². The van der Waals surface area contributed by atoms with Gasteiger partial charge in [-0.25, -0.2) is 4.98 Å². The first-order chi connectivity index (χ1) is 9.69. The van der Waals surface area contributed by atoms with Crippen LogP contribution in [0.4, 0.5) is 5.82 Å². The quantitative estimate of drug-likeness (QED) is 0.784. The van der Waals surface area contributed by atoms with E-state index in [2.05, 4.69) is 26.2 Å². The first-order valence-corrected chi connectivity index (χ1v) is 7.42. The maximum atomic E-state index is 5.64. The first-order valence-electron chi connectivity index (χ1n) is 6.54. The van der Waals surface area contributed by atoms with Crippen molar-refractivity contribution in [3.8, 4) is 0 Å². The molecule has 0 spiro atoms. The molecule has 3 rings (SSSR count). The molecule has 3 heterocycles. The van der Waals surface area contributed by atoms with Crippen LogP contribution in [-0.2, 0) is 13.1 Å². The number of hydrogen-bond acceptors (Lipinski definition) is 5. The lowest BCUT2D eigenvalue weighted by Crippen LogP contribution is -2.20. The van der Waals surface area contributed by atoms with Gasteiger partial charge in [0.05, 0.1) is 12.2 Å². The fraction of sp³-hybridized carbons (Fsp3) is 0.357. The molecule has 106 valence electrons. The molecular weight excluding hydrogens is 272 g/mol. The molecule has 1 N–H and O–H groups in total. The molecule has 20 heavy (non-hydrogen) atoms. The predicted molar refractivity (Wildman–Crippen MR) is 81.4 cm³/mol. The highest BCUT2D eigenvalue weighted by Gasteiger charge is 2.17. The van der Waals surface area contributed by atoms with Crippen molar-refractivity contribution in [3.05, 3.63) is 40.9 Å². The zero-order chi connectivity index (χ0) is 14.1. The Kier molecular flexibility index (Phi) is 3.50. The van der Waals surface area contributed by atoms with Crippen LogP contribution in [0, 0.1) is 6.92 Å². The normalized spacial score (nSPS) is 11.3. The minimum absolute atomic E-state index is 0.718. The minimum Gasteiger partial charge on any atom is -0.464 e. The third kappa shape index (κ3) is 2.32. The Bertz CT molecular complexity index is 712. The highest BCUT2D eigenvalue weighted by Crippen LogP contribution is 2.25. The number of aromatic nitrogens is 2. The largest absolute Gasteiger partial charge is 0.464 e. The van der Waals surface area contributed by atoms with E-state index in [0.29, 0.717) is 0 Å². The summed E-state index contributed by atoms with van der Waals surface area (Å²) in [5, 5.41) is 5.27. The first kappa shape index (κ1) is 13.2. The van der Waals surface area contributed by atoms with E-state index >= 15 is 0 Å². The molecule has 0 aliphatic rings. The molecule has 3 aromatic rings. The Morgan fingerprint density at radius 2 is 2.30 bits per heavy atom. The van der Waals surface area contributed by atoms with Crippen LogP contribution in [-0.4, -0.2) is 23.5 Å². The fourth-order valence-corrected chi connectivity index (χ4v) is 3.07. The topological polar surface area (TPSA) is 45.7 Å². The Morgan fingerprint density at radius 3 is 3.00 bits per heavy atom. The van der Waals surface area contributed by atoms with Gasteiger partial charge in [0, 0.05) is 25.2 Å². The van der Waals surface area contributed by atoms with E-state index in [4.69, 9.17) is 9.40 Å². The Morgan fingerprint density at radius 1 is 1.45 bits per heavy atom. The molecule has 0 unspecified atom stereocenters.